The molecule has 18 heavy (non-hydrogen) atoms. The first-order chi connectivity index (χ1) is 8.49. The summed E-state index contributed by atoms with van der Waals surface area (Å²) in [6.07, 6.45) is 1.59. The van der Waals surface area contributed by atoms with Gasteiger partial charge in [0.1, 0.15) is 5.76 Å². The second-order valence-corrected chi connectivity index (χ2v) is 5.12. The molecule has 0 unspecified atom stereocenters. The molecular weight excluding hydrogens is 294 g/mol. The number of anilines is 1. The second kappa shape index (κ2) is 4.98. The SMILES string of the molecule is Cc1cc(NC(=O)c2c(C)coc2C)ccc1Br. The van der Waals surface area contributed by atoms with Crippen molar-refractivity contribution < 1.29 is 9.21 Å². The van der Waals surface area contributed by atoms with E-state index >= 15 is 0 Å². The minimum absolute atomic E-state index is 0.138. The molecule has 1 aromatic carbocycles. The fourth-order valence-corrected chi connectivity index (χ4v) is 2.07. The van der Waals surface area contributed by atoms with Crippen molar-refractivity contribution in [3.8, 4) is 0 Å². The van der Waals surface area contributed by atoms with E-state index < -0.39 is 0 Å². The maximum atomic E-state index is 12.1. The molecule has 0 bridgehead atoms. The lowest BCUT2D eigenvalue weighted by Gasteiger charge is -2.07. The zero-order valence-electron chi connectivity index (χ0n) is 10.5. The summed E-state index contributed by atoms with van der Waals surface area (Å²) in [6.45, 7) is 5.63. The Labute approximate surface area is 114 Å². The smallest absolute Gasteiger partial charge is 0.259 e. The number of nitrogens with one attached hydrogen (secondary N) is 1. The van der Waals surface area contributed by atoms with Crippen molar-refractivity contribution in [2.75, 3.05) is 5.32 Å². The van der Waals surface area contributed by atoms with Gasteiger partial charge in [-0.2, -0.15) is 0 Å². The Morgan fingerprint density at radius 1 is 1.22 bits per heavy atom. The van der Waals surface area contributed by atoms with Gasteiger partial charge in [-0.1, -0.05) is 15.9 Å². The Hall–Kier alpha value is -1.55. The van der Waals surface area contributed by atoms with Gasteiger partial charge in [0.2, 0.25) is 0 Å². The van der Waals surface area contributed by atoms with Gasteiger partial charge in [0.25, 0.3) is 5.91 Å². The minimum atomic E-state index is -0.138. The van der Waals surface area contributed by atoms with E-state index in [1.54, 1.807) is 13.2 Å². The highest BCUT2D eigenvalue weighted by molar-refractivity contribution is 9.10. The standard InChI is InChI=1S/C14H14BrNO2/c1-8-6-11(4-5-12(8)15)16-14(17)13-9(2)7-18-10(13)3/h4-7H,1-3H3,(H,16,17). The molecule has 2 aromatic rings. The van der Waals surface area contributed by atoms with Crippen molar-refractivity contribution in [3.05, 3.63) is 51.4 Å². The average Bonchev–Trinajstić information content (AvgIpc) is 2.64. The first-order valence-electron chi connectivity index (χ1n) is 5.61. The average molecular weight is 308 g/mol. The molecule has 0 spiro atoms. The van der Waals surface area contributed by atoms with Gasteiger partial charge in [-0.25, -0.2) is 0 Å². The normalized spacial score (nSPS) is 10.4. The van der Waals surface area contributed by atoms with Crippen molar-refractivity contribution in [1.82, 2.24) is 0 Å². The lowest BCUT2D eigenvalue weighted by Crippen LogP contribution is -2.13. The fraction of sp³-hybridized carbons (Fsp3) is 0.214. The van der Waals surface area contributed by atoms with E-state index in [2.05, 4.69) is 21.2 Å². The molecule has 0 atom stereocenters. The van der Waals surface area contributed by atoms with Crippen LogP contribution in [-0.4, -0.2) is 5.91 Å². The number of aryl methyl sites for hydroxylation is 3. The molecule has 0 fully saturated rings. The summed E-state index contributed by atoms with van der Waals surface area (Å²) in [5.41, 5.74) is 3.31. The van der Waals surface area contributed by atoms with Crippen LogP contribution in [0.4, 0.5) is 5.69 Å². The topological polar surface area (TPSA) is 42.2 Å². The predicted molar refractivity (Wildman–Crippen MR) is 75.0 cm³/mol. The summed E-state index contributed by atoms with van der Waals surface area (Å²) in [6, 6.07) is 5.70. The van der Waals surface area contributed by atoms with Crippen LogP contribution in [0.1, 0.15) is 27.2 Å². The van der Waals surface area contributed by atoms with Crippen LogP contribution >= 0.6 is 15.9 Å². The number of carbonyl (C=O) groups is 1. The molecule has 1 heterocycles. The van der Waals surface area contributed by atoms with E-state index in [-0.39, 0.29) is 5.91 Å². The highest BCUT2D eigenvalue weighted by atomic mass is 79.9. The van der Waals surface area contributed by atoms with Crippen LogP contribution in [0.2, 0.25) is 0 Å². The Bertz CT molecular complexity index is 582. The highest BCUT2D eigenvalue weighted by Gasteiger charge is 2.15. The van der Waals surface area contributed by atoms with E-state index in [1.807, 2.05) is 32.0 Å². The third-order valence-corrected chi connectivity index (χ3v) is 3.69. The summed E-state index contributed by atoms with van der Waals surface area (Å²) in [4.78, 5) is 12.1. The summed E-state index contributed by atoms with van der Waals surface area (Å²) >= 11 is 3.43. The second-order valence-electron chi connectivity index (χ2n) is 4.27. The molecule has 1 aromatic heterocycles. The lowest BCUT2D eigenvalue weighted by atomic mass is 10.1. The summed E-state index contributed by atoms with van der Waals surface area (Å²) < 4.78 is 6.25. The summed E-state index contributed by atoms with van der Waals surface area (Å²) in [7, 11) is 0. The maximum absolute atomic E-state index is 12.1. The van der Waals surface area contributed by atoms with Crippen LogP contribution in [0, 0.1) is 20.8 Å². The first-order valence-corrected chi connectivity index (χ1v) is 6.40. The Morgan fingerprint density at radius 2 is 1.94 bits per heavy atom. The van der Waals surface area contributed by atoms with Gasteiger partial charge in [-0.05, 0) is 44.5 Å². The third kappa shape index (κ3) is 2.48. The Morgan fingerprint density at radius 3 is 2.50 bits per heavy atom. The number of carbonyl (C=O) groups excluding carboxylic acids is 1. The molecule has 0 aliphatic carbocycles. The largest absolute Gasteiger partial charge is 0.469 e. The number of amides is 1. The van der Waals surface area contributed by atoms with Crippen molar-refractivity contribution in [3.63, 3.8) is 0 Å². The van der Waals surface area contributed by atoms with E-state index in [0.29, 0.717) is 11.3 Å². The van der Waals surface area contributed by atoms with Crippen LogP contribution in [0.25, 0.3) is 0 Å². The van der Waals surface area contributed by atoms with Gasteiger partial charge < -0.3 is 9.73 Å². The highest BCUT2D eigenvalue weighted by Crippen LogP contribution is 2.22. The predicted octanol–water partition coefficient (Wildman–Crippen LogP) is 4.22. The van der Waals surface area contributed by atoms with Crippen LogP contribution in [0.3, 0.4) is 0 Å². The summed E-state index contributed by atoms with van der Waals surface area (Å²) in [5.74, 6) is 0.499. The van der Waals surface area contributed by atoms with E-state index in [1.165, 1.54) is 0 Å². The lowest BCUT2D eigenvalue weighted by molar-refractivity contribution is 0.102. The van der Waals surface area contributed by atoms with Gasteiger partial charge in [-0.3, -0.25) is 4.79 Å². The third-order valence-electron chi connectivity index (χ3n) is 2.80. The number of hydrogen-bond donors (Lipinski definition) is 1. The van der Waals surface area contributed by atoms with Crippen molar-refractivity contribution in [2.24, 2.45) is 0 Å². The molecule has 0 aliphatic rings. The van der Waals surface area contributed by atoms with Gasteiger partial charge in [0, 0.05) is 15.7 Å². The molecule has 4 heteroatoms. The number of benzene rings is 1. The molecular formula is C14H14BrNO2. The number of furan rings is 1. The van der Waals surface area contributed by atoms with E-state index in [4.69, 9.17) is 4.42 Å². The fourth-order valence-electron chi connectivity index (χ4n) is 1.83. The van der Waals surface area contributed by atoms with Crippen LogP contribution in [0.15, 0.2) is 33.4 Å². The van der Waals surface area contributed by atoms with Crippen LogP contribution in [-0.2, 0) is 0 Å². The van der Waals surface area contributed by atoms with Crippen molar-refractivity contribution in [1.29, 1.82) is 0 Å². The van der Waals surface area contributed by atoms with Crippen molar-refractivity contribution in [2.45, 2.75) is 20.8 Å². The molecule has 1 N–H and O–H groups in total. The minimum Gasteiger partial charge on any atom is -0.469 e. The number of rotatable bonds is 2. The molecule has 0 radical (unpaired) electrons. The van der Waals surface area contributed by atoms with Crippen LogP contribution < -0.4 is 5.32 Å². The van der Waals surface area contributed by atoms with Crippen molar-refractivity contribution >= 4 is 27.5 Å². The molecule has 0 saturated carbocycles. The van der Waals surface area contributed by atoms with Gasteiger partial charge in [0.15, 0.2) is 0 Å². The first kappa shape index (κ1) is 12.9. The summed E-state index contributed by atoms with van der Waals surface area (Å²) in [5, 5.41) is 2.87. The van der Waals surface area contributed by atoms with E-state index in [0.717, 1.165) is 21.3 Å². The monoisotopic (exact) mass is 307 g/mol. The zero-order valence-corrected chi connectivity index (χ0v) is 12.1. The molecule has 3 nitrogen and oxygen atoms in total. The number of halogens is 1. The maximum Gasteiger partial charge on any atom is 0.259 e. The van der Waals surface area contributed by atoms with Gasteiger partial charge in [0.05, 0.1) is 11.8 Å². The molecule has 1 amide bonds. The Kier molecular flexibility index (Phi) is 3.57. The zero-order chi connectivity index (χ0) is 13.3. The number of hydrogen-bond acceptors (Lipinski definition) is 2. The molecule has 0 saturated heterocycles. The molecule has 0 aliphatic heterocycles. The van der Waals surface area contributed by atoms with Gasteiger partial charge in [-0.15, -0.1) is 0 Å². The van der Waals surface area contributed by atoms with Crippen LogP contribution in [0.5, 0.6) is 0 Å². The van der Waals surface area contributed by atoms with E-state index in [9.17, 15) is 4.79 Å². The Balaban J connectivity index is 2.24. The molecule has 94 valence electrons. The van der Waals surface area contributed by atoms with Gasteiger partial charge >= 0.3 is 0 Å². The quantitative estimate of drug-likeness (QED) is 0.902. The molecule has 2 rings (SSSR count).